The van der Waals surface area contributed by atoms with Crippen molar-refractivity contribution in [1.29, 1.82) is 0 Å². The highest BCUT2D eigenvalue weighted by Gasteiger charge is 2.49. The summed E-state index contributed by atoms with van der Waals surface area (Å²) in [5, 5.41) is 10.2. The molecule has 2 aromatic carbocycles. The zero-order chi connectivity index (χ0) is 24.7. The van der Waals surface area contributed by atoms with Crippen molar-refractivity contribution in [3.05, 3.63) is 93.5 Å². The third-order valence-corrected chi connectivity index (χ3v) is 7.66. The molecule has 2 amide bonds. The van der Waals surface area contributed by atoms with E-state index in [1.165, 1.54) is 0 Å². The molecule has 178 valence electrons. The Morgan fingerprint density at radius 1 is 1.14 bits per heavy atom. The van der Waals surface area contributed by atoms with E-state index in [2.05, 4.69) is 10.4 Å². The van der Waals surface area contributed by atoms with Gasteiger partial charge in [-0.2, -0.15) is 5.10 Å². The summed E-state index contributed by atoms with van der Waals surface area (Å²) in [6.07, 6.45) is 0. The summed E-state index contributed by atoms with van der Waals surface area (Å²) in [5.41, 5.74) is 3.52. The van der Waals surface area contributed by atoms with Gasteiger partial charge in [0.05, 0.1) is 11.4 Å². The lowest BCUT2D eigenvalue weighted by Gasteiger charge is -2.43. The molecule has 3 heterocycles. The van der Waals surface area contributed by atoms with Crippen LogP contribution in [0.25, 0.3) is 10.6 Å². The lowest BCUT2D eigenvalue weighted by Crippen LogP contribution is -2.64. The molecule has 1 atom stereocenters. The minimum Gasteiger partial charge on any atom is -0.350 e. The van der Waals surface area contributed by atoms with E-state index in [0.717, 1.165) is 27.3 Å². The Morgan fingerprint density at radius 3 is 2.69 bits per heavy atom. The maximum atomic E-state index is 13.9. The molecule has 0 bridgehead atoms. The molecule has 0 radical (unpaired) electrons. The number of fused-ring (bicyclic) bond motifs is 1. The first-order chi connectivity index (χ1) is 16.8. The fraction of sp³-hybridized carbons (Fsp3) is 0.222. The van der Waals surface area contributed by atoms with Crippen molar-refractivity contribution in [1.82, 2.24) is 15.1 Å². The molecule has 0 saturated heterocycles. The Morgan fingerprint density at radius 2 is 1.97 bits per heavy atom. The molecule has 5 rings (SSSR count). The number of hydrogen-bond donors (Lipinski definition) is 1. The first-order valence-corrected chi connectivity index (χ1v) is 12.6. The maximum Gasteiger partial charge on any atom is 0.277 e. The van der Waals surface area contributed by atoms with E-state index in [9.17, 15) is 9.59 Å². The topological polar surface area (TPSA) is 67.2 Å². The number of aryl methyl sites for hydroxylation is 2. The minimum absolute atomic E-state index is 0.213. The van der Waals surface area contributed by atoms with Crippen molar-refractivity contribution in [3.8, 4) is 10.6 Å². The zero-order valence-electron chi connectivity index (χ0n) is 19.7. The van der Waals surface area contributed by atoms with Crippen LogP contribution in [0.4, 0.5) is 5.69 Å². The number of nitrogens with zero attached hydrogens (tertiary/aromatic N) is 3. The third kappa shape index (κ3) is 4.26. The predicted octanol–water partition coefficient (Wildman–Crippen LogP) is 5.62. The Bertz CT molecular complexity index is 1430. The normalized spacial score (nSPS) is 17.4. The smallest absolute Gasteiger partial charge is 0.277 e. The van der Waals surface area contributed by atoms with E-state index < -0.39 is 5.54 Å². The van der Waals surface area contributed by atoms with Crippen LogP contribution in [0, 0.1) is 13.8 Å². The number of hydrogen-bond acceptors (Lipinski definition) is 4. The minimum atomic E-state index is -1.22. The summed E-state index contributed by atoms with van der Waals surface area (Å²) in [7, 11) is 0. The van der Waals surface area contributed by atoms with Crippen LogP contribution in [0.3, 0.4) is 0 Å². The van der Waals surface area contributed by atoms with Crippen molar-refractivity contribution >= 4 is 40.4 Å². The van der Waals surface area contributed by atoms with Gasteiger partial charge in [-0.1, -0.05) is 53.6 Å². The van der Waals surface area contributed by atoms with Crippen LogP contribution in [0.5, 0.6) is 0 Å². The molecule has 1 aliphatic heterocycles. The highest BCUT2D eigenvalue weighted by atomic mass is 35.5. The van der Waals surface area contributed by atoms with Gasteiger partial charge >= 0.3 is 0 Å². The molecule has 0 unspecified atom stereocenters. The number of amides is 2. The average molecular weight is 505 g/mol. The second-order valence-electron chi connectivity index (χ2n) is 9.07. The lowest BCUT2D eigenvalue weighted by molar-refractivity contribution is -0.126. The molecule has 4 aromatic rings. The molecular formula is C27H25ClN4O2S. The van der Waals surface area contributed by atoms with Crippen LogP contribution in [-0.2, 0) is 17.9 Å². The highest BCUT2D eigenvalue weighted by Crippen LogP contribution is 2.36. The molecule has 0 aliphatic carbocycles. The summed E-state index contributed by atoms with van der Waals surface area (Å²) in [4.78, 5) is 30.1. The van der Waals surface area contributed by atoms with E-state index >= 15 is 0 Å². The van der Waals surface area contributed by atoms with Crippen LogP contribution in [0.1, 0.15) is 34.1 Å². The Kier molecular flexibility index (Phi) is 5.99. The standard InChI is InChI=1S/C27H25ClN4O2S/c1-17-6-4-7-19(12-17)15-29-26(34)27(3)16-31-23(14-22(30-31)24-8-5-11-35-24)25(33)32(27)20-10-9-18(2)21(28)13-20/h4-14H,15-16H2,1-3H3,(H,29,34)/t27-/m0/s1. The number of thiophene rings is 1. The number of benzene rings is 2. The number of carbonyl (C=O) groups excluding carboxylic acids is 2. The maximum absolute atomic E-state index is 13.9. The first-order valence-electron chi connectivity index (χ1n) is 11.3. The summed E-state index contributed by atoms with van der Waals surface area (Å²) >= 11 is 7.98. The summed E-state index contributed by atoms with van der Waals surface area (Å²) in [6, 6.07) is 19.1. The quantitative estimate of drug-likeness (QED) is 0.383. The average Bonchev–Trinajstić information content (AvgIpc) is 3.50. The molecule has 0 spiro atoms. The van der Waals surface area contributed by atoms with Crippen molar-refractivity contribution in [2.24, 2.45) is 0 Å². The fourth-order valence-electron chi connectivity index (χ4n) is 4.45. The van der Waals surface area contributed by atoms with Crippen LogP contribution in [0.15, 0.2) is 66.0 Å². The van der Waals surface area contributed by atoms with Crippen LogP contribution >= 0.6 is 22.9 Å². The SMILES string of the molecule is Cc1cccc(CNC(=O)[C@]2(C)Cn3nc(-c4cccs4)cc3C(=O)N2c2ccc(C)c(Cl)c2)c1. The summed E-state index contributed by atoms with van der Waals surface area (Å²) < 4.78 is 1.65. The molecule has 1 aliphatic rings. The molecule has 0 fully saturated rings. The monoisotopic (exact) mass is 504 g/mol. The van der Waals surface area contributed by atoms with Gasteiger partial charge in [-0.15, -0.1) is 11.3 Å². The van der Waals surface area contributed by atoms with Gasteiger partial charge in [0.2, 0.25) is 5.91 Å². The van der Waals surface area contributed by atoms with Crippen LogP contribution in [-0.4, -0.2) is 27.1 Å². The fourth-order valence-corrected chi connectivity index (χ4v) is 5.30. The van der Waals surface area contributed by atoms with E-state index in [1.807, 2.05) is 67.8 Å². The van der Waals surface area contributed by atoms with Gasteiger partial charge in [-0.25, -0.2) is 0 Å². The molecular weight excluding hydrogens is 480 g/mol. The van der Waals surface area contributed by atoms with Crippen LogP contribution < -0.4 is 10.2 Å². The van der Waals surface area contributed by atoms with Gasteiger partial charge in [0.15, 0.2) is 0 Å². The number of nitrogens with one attached hydrogen (secondary N) is 1. The van der Waals surface area contributed by atoms with E-state index in [4.69, 9.17) is 11.6 Å². The second-order valence-corrected chi connectivity index (χ2v) is 10.4. The Balaban J connectivity index is 1.55. The van der Waals surface area contributed by atoms with E-state index in [1.54, 1.807) is 40.0 Å². The number of anilines is 1. The second kappa shape index (κ2) is 8.98. The van der Waals surface area contributed by atoms with Gasteiger partial charge in [0, 0.05) is 17.3 Å². The van der Waals surface area contributed by atoms with Crippen LogP contribution in [0.2, 0.25) is 5.02 Å². The van der Waals surface area contributed by atoms with E-state index in [-0.39, 0.29) is 18.4 Å². The molecule has 0 saturated carbocycles. The van der Waals surface area contributed by atoms with Gasteiger partial charge in [0.25, 0.3) is 5.91 Å². The molecule has 1 N–H and O–H groups in total. The first kappa shape index (κ1) is 23.3. The molecule has 6 nitrogen and oxygen atoms in total. The number of halogens is 1. The van der Waals surface area contributed by atoms with Gasteiger partial charge in [-0.3, -0.25) is 19.2 Å². The molecule has 35 heavy (non-hydrogen) atoms. The Labute approximate surface area is 213 Å². The number of carbonyl (C=O) groups is 2. The van der Waals surface area contributed by atoms with Crippen molar-refractivity contribution < 1.29 is 9.59 Å². The van der Waals surface area contributed by atoms with Gasteiger partial charge in [-0.05, 0) is 61.5 Å². The van der Waals surface area contributed by atoms with Crippen molar-refractivity contribution in [3.63, 3.8) is 0 Å². The summed E-state index contributed by atoms with van der Waals surface area (Å²) in [6.45, 7) is 6.27. The zero-order valence-corrected chi connectivity index (χ0v) is 21.3. The largest absolute Gasteiger partial charge is 0.350 e. The number of aromatic nitrogens is 2. The highest BCUT2D eigenvalue weighted by molar-refractivity contribution is 7.13. The number of rotatable bonds is 5. The molecule has 2 aromatic heterocycles. The van der Waals surface area contributed by atoms with Crippen molar-refractivity contribution in [2.75, 3.05) is 4.90 Å². The predicted molar refractivity (Wildman–Crippen MR) is 140 cm³/mol. The van der Waals surface area contributed by atoms with Crippen molar-refractivity contribution in [2.45, 2.75) is 39.4 Å². The third-order valence-electron chi connectivity index (χ3n) is 6.37. The summed E-state index contributed by atoms with van der Waals surface area (Å²) in [5.74, 6) is -0.553. The molecule has 8 heteroatoms. The van der Waals surface area contributed by atoms with Gasteiger partial charge in [0.1, 0.15) is 16.9 Å². The Hall–Kier alpha value is -3.42. The lowest BCUT2D eigenvalue weighted by atomic mass is 9.93. The van der Waals surface area contributed by atoms with Gasteiger partial charge < -0.3 is 5.32 Å². The van der Waals surface area contributed by atoms with E-state index in [0.29, 0.717) is 22.9 Å².